The minimum absolute atomic E-state index is 0.0609. The Morgan fingerprint density at radius 1 is 1.33 bits per heavy atom. The summed E-state index contributed by atoms with van der Waals surface area (Å²) in [5, 5.41) is 3.11. The number of nitrogens with zero attached hydrogens (tertiary/aromatic N) is 1. The third-order valence-corrected chi connectivity index (χ3v) is 4.34. The molecule has 8 heteroatoms. The number of piperazine rings is 1. The third-order valence-electron chi connectivity index (χ3n) is 3.24. The van der Waals surface area contributed by atoms with Crippen molar-refractivity contribution in [1.29, 1.82) is 0 Å². The summed E-state index contributed by atoms with van der Waals surface area (Å²) in [4.78, 5) is 17.7. The first-order valence-electron chi connectivity index (χ1n) is 6.59. The Kier molecular flexibility index (Phi) is 4.81. The average Bonchev–Trinajstić information content (AvgIpc) is 2.46. The summed E-state index contributed by atoms with van der Waals surface area (Å²) in [6.45, 7) is 5.36. The van der Waals surface area contributed by atoms with Gasteiger partial charge < -0.3 is 10.2 Å². The molecule has 116 valence electrons. The molecular weight excluding hydrogens is 296 g/mol. The number of hydrogen-bond acceptors (Lipinski definition) is 6. The van der Waals surface area contributed by atoms with E-state index in [4.69, 9.17) is 0 Å². The fraction of sp³-hybridized carbons (Fsp3) is 0.462. The topological polar surface area (TPSA) is 84.9 Å². The maximum atomic E-state index is 11.9. The van der Waals surface area contributed by atoms with Gasteiger partial charge in [-0.25, -0.2) is 4.79 Å². The van der Waals surface area contributed by atoms with Crippen molar-refractivity contribution in [3.05, 3.63) is 29.8 Å². The number of amides is 1. The Hall–Kier alpha value is -1.64. The highest BCUT2D eigenvalue weighted by Gasteiger charge is 2.27. The molecule has 1 aliphatic heterocycles. The number of carbonyl (C=O) groups excluding carboxylic acids is 1. The number of aryl methyl sites for hydroxylation is 1. The zero-order valence-electron chi connectivity index (χ0n) is 11.9. The molecule has 1 aromatic rings. The van der Waals surface area contributed by atoms with Crippen molar-refractivity contribution in [2.24, 2.45) is 0 Å². The molecule has 21 heavy (non-hydrogen) atoms. The zero-order chi connectivity index (χ0) is 15.5. The van der Waals surface area contributed by atoms with Crippen LogP contribution in [0.5, 0.6) is 0 Å². The van der Waals surface area contributed by atoms with Gasteiger partial charge in [-0.2, -0.15) is 8.42 Å². The Bertz CT molecular complexity index is 599. The summed E-state index contributed by atoms with van der Waals surface area (Å²) in [6, 6.07) is 5.97. The maximum Gasteiger partial charge on any atom is 0.443 e. The second-order valence-electron chi connectivity index (χ2n) is 4.93. The molecule has 7 nitrogen and oxygen atoms in total. The highest BCUT2D eigenvalue weighted by molar-refractivity contribution is 7.86. The van der Waals surface area contributed by atoms with Gasteiger partial charge in [0.25, 0.3) is 0 Å². The molecule has 1 heterocycles. The third kappa shape index (κ3) is 3.93. The number of rotatable bonds is 3. The van der Waals surface area contributed by atoms with Gasteiger partial charge in [-0.15, -0.1) is 0 Å². The van der Waals surface area contributed by atoms with E-state index in [9.17, 15) is 13.2 Å². The summed E-state index contributed by atoms with van der Waals surface area (Å²) in [6.07, 6.45) is -0.806. The van der Waals surface area contributed by atoms with Gasteiger partial charge in [0.05, 0.1) is 4.90 Å². The molecule has 1 N–H and O–H groups in total. The summed E-state index contributed by atoms with van der Waals surface area (Å²) in [5.74, 6) is 0. The van der Waals surface area contributed by atoms with Crippen molar-refractivity contribution in [2.45, 2.75) is 24.8 Å². The second-order valence-corrected chi connectivity index (χ2v) is 6.45. The van der Waals surface area contributed by atoms with Crippen LogP contribution in [0, 0.1) is 6.92 Å². The largest absolute Gasteiger partial charge is 0.443 e. The average molecular weight is 314 g/mol. The van der Waals surface area contributed by atoms with Crippen LogP contribution in [-0.4, -0.2) is 45.1 Å². The lowest BCUT2D eigenvalue weighted by atomic mass is 10.2. The van der Waals surface area contributed by atoms with E-state index in [0.717, 1.165) is 5.56 Å². The maximum absolute atomic E-state index is 11.9. The molecule has 1 aliphatic rings. The van der Waals surface area contributed by atoms with Gasteiger partial charge in [0.15, 0.2) is 0 Å². The van der Waals surface area contributed by atoms with Crippen LogP contribution in [-0.2, 0) is 19.3 Å². The van der Waals surface area contributed by atoms with E-state index in [-0.39, 0.29) is 10.9 Å². The van der Waals surface area contributed by atoms with Crippen molar-refractivity contribution in [3.63, 3.8) is 0 Å². The highest BCUT2D eigenvalue weighted by Crippen LogP contribution is 2.14. The molecule has 0 saturated carbocycles. The fourth-order valence-corrected chi connectivity index (χ4v) is 2.67. The number of carbonyl (C=O) groups is 1. The van der Waals surface area contributed by atoms with Gasteiger partial charge in [0.1, 0.15) is 0 Å². The molecule has 1 aromatic carbocycles. The first-order chi connectivity index (χ1) is 9.90. The monoisotopic (exact) mass is 314 g/mol. The lowest BCUT2D eigenvalue weighted by Crippen LogP contribution is -2.52. The van der Waals surface area contributed by atoms with Gasteiger partial charge >= 0.3 is 16.2 Å². The van der Waals surface area contributed by atoms with E-state index in [0.29, 0.717) is 19.6 Å². The van der Waals surface area contributed by atoms with Crippen LogP contribution in [0.25, 0.3) is 0 Å². The van der Waals surface area contributed by atoms with Crippen molar-refractivity contribution in [3.8, 4) is 0 Å². The Labute approximate surface area is 123 Å². The molecule has 0 aromatic heterocycles. The summed E-state index contributed by atoms with van der Waals surface area (Å²) in [5.41, 5.74) is 0.917. The van der Waals surface area contributed by atoms with Crippen LogP contribution < -0.4 is 5.32 Å². The number of hydrogen-bond donors (Lipinski definition) is 1. The lowest BCUT2D eigenvalue weighted by Gasteiger charge is -2.32. The Morgan fingerprint density at radius 2 is 2.00 bits per heavy atom. The lowest BCUT2D eigenvalue weighted by molar-refractivity contribution is -0.151. The predicted octanol–water partition coefficient (Wildman–Crippen LogP) is 1.05. The summed E-state index contributed by atoms with van der Waals surface area (Å²) < 4.78 is 28.1. The van der Waals surface area contributed by atoms with Crippen LogP contribution in [0.1, 0.15) is 12.5 Å². The smallest absolute Gasteiger partial charge is 0.313 e. The quantitative estimate of drug-likeness (QED) is 0.663. The first kappa shape index (κ1) is 15.7. The number of benzene rings is 1. The first-order valence-corrected chi connectivity index (χ1v) is 8.00. The van der Waals surface area contributed by atoms with Crippen LogP contribution in [0.3, 0.4) is 0 Å². The van der Waals surface area contributed by atoms with Gasteiger partial charge in [-0.3, -0.25) is 4.89 Å². The molecule has 0 radical (unpaired) electrons. The normalized spacial score (nSPS) is 19.3. The molecule has 1 unspecified atom stereocenters. The van der Waals surface area contributed by atoms with E-state index in [1.54, 1.807) is 12.1 Å². The van der Waals surface area contributed by atoms with Gasteiger partial charge in [0, 0.05) is 25.7 Å². The fourth-order valence-electron chi connectivity index (χ4n) is 1.98. The van der Waals surface area contributed by atoms with Crippen LogP contribution >= 0.6 is 0 Å². The summed E-state index contributed by atoms with van der Waals surface area (Å²) in [7, 11) is -4.11. The van der Waals surface area contributed by atoms with Gasteiger partial charge in [0.2, 0.25) is 0 Å². The minimum atomic E-state index is -4.11. The summed E-state index contributed by atoms with van der Waals surface area (Å²) >= 11 is 0. The van der Waals surface area contributed by atoms with E-state index in [1.807, 2.05) is 13.8 Å². The van der Waals surface area contributed by atoms with Gasteiger partial charge in [-0.05, 0) is 30.3 Å². The highest BCUT2D eigenvalue weighted by atomic mass is 32.2. The Morgan fingerprint density at radius 3 is 2.62 bits per heavy atom. The van der Waals surface area contributed by atoms with E-state index < -0.39 is 16.2 Å². The standard InChI is InChI=1S/C13H18N2O5S/c1-10-3-5-12(6-4-10)21(17,18)20-19-13(16)15-8-7-14-9-11(15)2/h3-6,11,14H,7-9H2,1-2H3. The van der Waals surface area contributed by atoms with Crippen molar-refractivity contribution >= 4 is 16.2 Å². The van der Waals surface area contributed by atoms with E-state index in [2.05, 4.69) is 14.5 Å². The molecule has 2 rings (SSSR count). The second kappa shape index (κ2) is 6.42. The molecule has 1 amide bonds. The van der Waals surface area contributed by atoms with E-state index >= 15 is 0 Å². The van der Waals surface area contributed by atoms with Crippen LogP contribution in [0.15, 0.2) is 29.2 Å². The van der Waals surface area contributed by atoms with Crippen molar-refractivity contribution < 1.29 is 22.4 Å². The van der Waals surface area contributed by atoms with Gasteiger partial charge in [-0.1, -0.05) is 17.7 Å². The SMILES string of the molecule is Cc1ccc(S(=O)(=O)OOC(=O)N2CCNCC2C)cc1. The molecular formula is C13H18N2O5S. The van der Waals surface area contributed by atoms with Crippen LogP contribution in [0.2, 0.25) is 0 Å². The molecule has 0 aliphatic carbocycles. The number of nitrogens with one attached hydrogen (secondary N) is 1. The molecule has 0 bridgehead atoms. The predicted molar refractivity (Wildman–Crippen MR) is 75.0 cm³/mol. The minimum Gasteiger partial charge on any atom is -0.313 e. The molecule has 1 atom stereocenters. The van der Waals surface area contributed by atoms with Crippen molar-refractivity contribution in [1.82, 2.24) is 10.2 Å². The molecule has 1 saturated heterocycles. The molecule has 0 spiro atoms. The van der Waals surface area contributed by atoms with E-state index in [1.165, 1.54) is 17.0 Å². The van der Waals surface area contributed by atoms with Crippen molar-refractivity contribution in [2.75, 3.05) is 19.6 Å². The Balaban J connectivity index is 1.98. The van der Waals surface area contributed by atoms with Crippen LogP contribution in [0.4, 0.5) is 4.79 Å². The zero-order valence-corrected chi connectivity index (χ0v) is 12.7. The molecule has 1 fully saturated rings.